The predicted octanol–water partition coefficient (Wildman–Crippen LogP) is 3.15. The van der Waals surface area contributed by atoms with Crippen LogP contribution >= 0.6 is 34.2 Å². The van der Waals surface area contributed by atoms with Gasteiger partial charge in [-0.1, -0.05) is 0 Å². The molecule has 16 heavy (non-hydrogen) atoms. The zero-order valence-corrected chi connectivity index (χ0v) is 11.1. The Balaban J connectivity index is 3.35. The summed E-state index contributed by atoms with van der Waals surface area (Å²) in [6, 6.07) is 0. The third-order valence-corrected chi connectivity index (χ3v) is 3.43. The summed E-state index contributed by atoms with van der Waals surface area (Å²) in [5.41, 5.74) is 0.0159. The van der Waals surface area contributed by atoms with Gasteiger partial charge in [-0.3, -0.25) is 0 Å². The summed E-state index contributed by atoms with van der Waals surface area (Å²) in [4.78, 5) is 15.0. The van der Waals surface area contributed by atoms with Crippen LogP contribution in [0.3, 0.4) is 0 Å². The standard InChI is InChI=1S/C9H7ClF2INO2/c1-16-9(15)7-4(2-10)6(13)5(3-14-7)8(11)12/h3,8H,2H2,1H3. The Morgan fingerprint density at radius 3 is 2.75 bits per heavy atom. The number of hydrogen-bond donors (Lipinski definition) is 0. The average Bonchev–Trinajstić information content (AvgIpc) is 2.26. The maximum absolute atomic E-state index is 12.6. The maximum Gasteiger partial charge on any atom is 0.357 e. The van der Waals surface area contributed by atoms with E-state index in [1.54, 1.807) is 22.6 Å². The summed E-state index contributed by atoms with van der Waals surface area (Å²) in [5, 5.41) is 0. The van der Waals surface area contributed by atoms with Crippen molar-refractivity contribution in [1.82, 2.24) is 4.98 Å². The number of aromatic nitrogens is 1. The molecule has 1 aromatic rings. The van der Waals surface area contributed by atoms with Gasteiger partial charge in [0.1, 0.15) is 0 Å². The van der Waals surface area contributed by atoms with Crippen molar-refractivity contribution in [2.75, 3.05) is 7.11 Å². The Morgan fingerprint density at radius 1 is 1.69 bits per heavy atom. The third kappa shape index (κ3) is 2.60. The Labute approximate surface area is 109 Å². The molecule has 0 aliphatic rings. The van der Waals surface area contributed by atoms with E-state index in [4.69, 9.17) is 11.6 Å². The van der Waals surface area contributed by atoms with Gasteiger partial charge in [-0.05, 0) is 22.6 Å². The van der Waals surface area contributed by atoms with Gasteiger partial charge < -0.3 is 4.74 Å². The lowest BCUT2D eigenvalue weighted by Crippen LogP contribution is -2.11. The predicted molar refractivity (Wildman–Crippen MR) is 62.8 cm³/mol. The summed E-state index contributed by atoms with van der Waals surface area (Å²) in [6.45, 7) is 0. The lowest BCUT2D eigenvalue weighted by Gasteiger charge is -2.10. The van der Waals surface area contributed by atoms with E-state index in [-0.39, 0.29) is 26.3 Å². The van der Waals surface area contributed by atoms with Crippen LogP contribution in [-0.2, 0) is 10.6 Å². The highest BCUT2D eigenvalue weighted by molar-refractivity contribution is 14.1. The van der Waals surface area contributed by atoms with E-state index in [0.717, 1.165) is 6.20 Å². The minimum absolute atomic E-state index is 0.0219. The van der Waals surface area contributed by atoms with E-state index in [0.29, 0.717) is 0 Å². The molecule has 3 nitrogen and oxygen atoms in total. The molecule has 0 amide bonds. The summed E-state index contributed by atoms with van der Waals surface area (Å²) < 4.78 is 29.8. The van der Waals surface area contributed by atoms with E-state index in [2.05, 4.69) is 9.72 Å². The number of alkyl halides is 3. The molecule has 0 spiro atoms. The maximum atomic E-state index is 12.6. The van der Waals surface area contributed by atoms with Crippen LogP contribution in [0.2, 0.25) is 0 Å². The quantitative estimate of drug-likeness (QED) is 0.472. The molecule has 0 bridgehead atoms. The topological polar surface area (TPSA) is 39.2 Å². The summed E-state index contributed by atoms with van der Waals surface area (Å²) in [7, 11) is 1.19. The number of methoxy groups -OCH3 is 1. The van der Waals surface area contributed by atoms with Gasteiger partial charge in [0.15, 0.2) is 5.69 Å². The van der Waals surface area contributed by atoms with Gasteiger partial charge in [-0.25, -0.2) is 18.6 Å². The second-order valence-electron chi connectivity index (χ2n) is 2.78. The molecule has 0 aliphatic carbocycles. The molecule has 7 heteroatoms. The number of ether oxygens (including phenoxy) is 1. The van der Waals surface area contributed by atoms with Gasteiger partial charge in [0.05, 0.1) is 13.0 Å². The van der Waals surface area contributed by atoms with E-state index in [1.807, 2.05) is 0 Å². The van der Waals surface area contributed by atoms with Crippen LogP contribution < -0.4 is 0 Å². The second-order valence-corrected chi connectivity index (χ2v) is 4.13. The summed E-state index contributed by atoms with van der Waals surface area (Å²) in [6.07, 6.45) is -1.68. The number of carbonyl (C=O) groups excluding carboxylic acids is 1. The van der Waals surface area contributed by atoms with Crippen molar-refractivity contribution >= 4 is 40.2 Å². The van der Waals surface area contributed by atoms with Crippen molar-refractivity contribution in [3.8, 4) is 0 Å². The van der Waals surface area contributed by atoms with Crippen molar-refractivity contribution in [1.29, 1.82) is 0 Å². The number of halogens is 4. The molecule has 0 saturated carbocycles. The van der Waals surface area contributed by atoms with E-state index in [1.165, 1.54) is 7.11 Å². The van der Waals surface area contributed by atoms with Gasteiger partial charge in [0.25, 0.3) is 6.43 Å². The number of rotatable bonds is 3. The van der Waals surface area contributed by atoms with Crippen LogP contribution in [0.1, 0.15) is 28.0 Å². The first-order valence-electron chi connectivity index (χ1n) is 4.12. The van der Waals surface area contributed by atoms with Gasteiger partial charge in [0, 0.05) is 20.9 Å². The molecule has 0 N–H and O–H groups in total. The molecular weight excluding hydrogens is 354 g/mol. The molecule has 0 saturated heterocycles. The number of carbonyl (C=O) groups is 1. The van der Waals surface area contributed by atoms with Crippen LogP contribution in [-0.4, -0.2) is 18.1 Å². The van der Waals surface area contributed by atoms with Gasteiger partial charge >= 0.3 is 5.97 Å². The summed E-state index contributed by atoms with van der Waals surface area (Å²) in [5.74, 6) is -0.759. The lowest BCUT2D eigenvalue weighted by atomic mass is 10.1. The largest absolute Gasteiger partial charge is 0.464 e. The SMILES string of the molecule is COC(=O)c1ncc(C(F)F)c(I)c1CCl. The normalized spacial score (nSPS) is 10.6. The molecule has 0 aliphatic heterocycles. The summed E-state index contributed by atoms with van der Waals surface area (Å²) >= 11 is 7.34. The Hall–Kier alpha value is -0.500. The molecule has 0 atom stereocenters. The van der Waals surface area contributed by atoms with E-state index < -0.39 is 12.4 Å². The molecule has 88 valence electrons. The highest BCUT2D eigenvalue weighted by Crippen LogP contribution is 2.28. The first-order chi connectivity index (χ1) is 7.52. The third-order valence-electron chi connectivity index (χ3n) is 1.88. The van der Waals surface area contributed by atoms with Crippen molar-refractivity contribution in [2.24, 2.45) is 0 Å². The zero-order chi connectivity index (χ0) is 12.3. The Kier molecular flexibility index (Phi) is 4.85. The number of pyridine rings is 1. The first kappa shape index (κ1) is 13.6. The molecule has 1 aromatic heterocycles. The van der Waals surface area contributed by atoms with Gasteiger partial charge in [0.2, 0.25) is 0 Å². The number of esters is 1. The zero-order valence-electron chi connectivity index (χ0n) is 8.14. The fraction of sp³-hybridized carbons (Fsp3) is 0.333. The molecule has 0 radical (unpaired) electrons. The molecule has 1 rings (SSSR count). The Morgan fingerprint density at radius 2 is 2.31 bits per heavy atom. The van der Waals surface area contributed by atoms with Crippen LogP contribution in [0.25, 0.3) is 0 Å². The second kappa shape index (κ2) is 5.72. The monoisotopic (exact) mass is 361 g/mol. The van der Waals surface area contributed by atoms with Crippen LogP contribution in [0.4, 0.5) is 8.78 Å². The highest BCUT2D eigenvalue weighted by Gasteiger charge is 2.21. The van der Waals surface area contributed by atoms with Crippen molar-refractivity contribution < 1.29 is 18.3 Å². The fourth-order valence-corrected chi connectivity index (χ4v) is 2.40. The first-order valence-corrected chi connectivity index (χ1v) is 5.74. The highest BCUT2D eigenvalue weighted by atomic mass is 127. The Bertz CT molecular complexity index is 415. The van der Waals surface area contributed by atoms with Crippen LogP contribution in [0, 0.1) is 3.57 Å². The molecule has 1 heterocycles. The van der Waals surface area contributed by atoms with Gasteiger partial charge in [-0.2, -0.15) is 0 Å². The van der Waals surface area contributed by atoms with Gasteiger partial charge in [-0.15, -0.1) is 11.6 Å². The minimum atomic E-state index is -2.65. The average molecular weight is 362 g/mol. The fourth-order valence-electron chi connectivity index (χ4n) is 1.09. The molecule has 0 aromatic carbocycles. The van der Waals surface area contributed by atoms with Crippen molar-refractivity contribution in [3.63, 3.8) is 0 Å². The smallest absolute Gasteiger partial charge is 0.357 e. The minimum Gasteiger partial charge on any atom is -0.464 e. The van der Waals surface area contributed by atoms with Crippen molar-refractivity contribution in [3.05, 3.63) is 26.6 Å². The van der Waals surface area contributed by atoms with Crippen LogP contribution in [0.5, 0.6) is 0 Å². The lowest BCUT2D eigenvalue weighted by molar-refractivity contribution is 0.0592. The van der Waals surface area contributed by atoms with Crippen molar-refractivity contribution in [2.45, 2.75) is 12.3 Å². The number of nitrogens with zero attached hydrogens (tertiary/aromatic N) is 1. The van der Waals surface area contributed by atoms with E-state index >= 15 is 0 Å². The van der Waals surface area contributed by atoms with E-state index in [9.17, 15) is 13.6 Å². The molecule has 0 fully saturated rings. The van der Waals surface area contributed by atoms with Crippen LogP contribution in [0.15, 0.2) is 6.20 Å². The number of hydrogen-bond acceptors (Lipinski definition) is 3. The molecular formula is C9H7ClF2INO2. The molecule has 0 unspecified atom stereocenters.